The smallest absolute Gasteiger partial charge is 0.272 e. The molecule has 2 aliphatic heterocycles. The second kappa shape index (κ2) is 12.9. The maximum Gasteiger partial charge on any atom is 0.272 e. The Morgan fingerprint density at radius 1 is 1.15 bits per heavy atom. The number of halogens is 5. The van der Waals surface area contributed by atoms with Crippen LogP contribution in [-0.2, 0) is 4.79 Å². The van der Waals surface area contributed by atoms with Gasteiger partial charge in [-0.25, -0.2) is 13.8 Å². The third-order valence-corrected chi connectivity index (χ3v) is 9.72. The maximum absolute atomic E-state index is 15.6. The molecule has 0 aliphatic carbocycles. The minimum atomic E-state index is -1.23. The van der Waals surface area contributed by atoms with Crippen LogP contribution in [0.1, 0.15) is 46.2 Å². The predicted molar refractivity (Wildman–Crippen MR) is 183 cm³/mol. The van der Waals surface area contributed by atoms with Crippen LogP contribution >= 0.6 is 34.8 Å². The van der Waals surface area contributed by atoms with E-state index in [-0.39, 0.29) is 70.5 Å². The molecule has 1 unspecified atom stereocenters. The van der Waals surface area contributed by atoms with Crippen LogP contribution in [0, 0.1) is 34.8 Å². The van der Waals surface area contributed by atoms with Gasteiger partial charge in [-0.05, 0) is 31.9 Å². The molecule has 1 amide bonds. The van der Waals surface area contributed by atoms with Gasteiger partial charge in [0.05, 0.1) is 38.7 Å². The number of hydrogen-bond acceptors (Lipinski definition) is 7. The van der Waals surface area contributed by atoms with Crippen molar-refractivity contribution in [2.75, 3.05) is 23.7 Å². The van der Waals surface area contributed by atoms with Crippen LogP contribution in [-0.4, -0.2) is 51.2 Å². The highest BCUT2D eigenvalue weighted by Crippen LogP contribution is 2.45. The number of amides is 1. The molecule has 0 saturated carbocycles. The van der Waals surface area contributed by atoms with E-state index < -0.39 is 44.5 Å². The number of carbonyl (C=O) groups excluding carboxylic acids is 1. The molecule has 5 rings (SSSR count). The summed E-state index contributed by atoms with van der Waals surface area (Å²) in [4.78, 5) is 40.1. The molecule has 14 heteroatoms. The van der Waals surface area contributed by atoms with Crippen molar-refractivity contribution >= 4 is 68.8 Å². The van der Waals surface area contributed by atoms with Gasteiger partial charge in [0, 0.05) is 48.4 Å². The van der Waals surface area contributed by atoms with Gasteiger partial charge >= 0.3 is 0 Å². The third-order valence-electron chi connectivity index (χ3n) is 8.70. The molecule has 4 heterocycles. The van der Waals surface area contributed by atoms with Crippen LogP contribution < -0.4 is 16.2 Å². The van der Waals surface area contributed by atoms with Crippen molar-refractivity contribution in [3.63, 3.8) is 0 Å². The lowest BCUT2D eigenvalue weighted by atomic mass is 9.88. The molecule has 9 nitrogen and oxygen atoms in total. The molecule has 1 fully saturated rings. The number of nitrogen functional groups attached to an aromatic ring is 1. The van der Waals surface area contributed by atoms with Gasteiger partial charge in [-0.2, -0.15) is 5.26 Å². The highest BCUT2D eigenvalue weighted by Gasteiger charge is 2.37. The molecule has 2 aliphatic rings. The second-order valence-electron chi connectivity index (χ2n) is 12.2. The molecule has 2 N–H and O–H groups in total. The van der Waals surface area contributed by atoms with Crippen molar-refractivity contribution in [2.24, 2.45) is 16.8 Å². The molecular weight excluding hydrogens is 671 g/mol. The first-order chi connectivity index (χ1) is 22.2. The van der Waals surface area contributed by atoms with E-state index in [9.17, 15) is 19.2 Å². The molecule has 1 aromatic carbocycles. The van der Waals surface area contributed by atoms with Gasteiger partial charge in [-0.1, -0.05) is 68.2 Å². The summed E-state index contributed by atoms with van der Waals surface area (Å²) in [7, 11) is 0. The van der Waals surface area contributed by atoms with Crippen LogP contribution in [0.2, 0.25) is 15.1 Å². The fourth-order valence-corrected chi connectivity index (χ4v) is 7.33. The zero-order valence-corrected chi connectivity index (χ0v) is 28.6. The number of benzene rings is 1. The monoisotopic (exact) mass is 701 g/mol. The minimum Gasteiger partial charge on any atom is -0.395 e. The van der Waals surface area contributed by atoms with E-state index in [4.69, 9.17) is 45.5 Å². The Kier molecular flexibility index (Phi) is 9.43. The Morgan fingerprint density at radius 3 is 2.36 bits per heavy atom. The number of aliphatic imine (C=N–C) groups is 1. The molecule has 4 atom stereocenters. The maximum atomic E-state index is 15.6. The van der Waals surface area contributed by atoms with Crippen molar-refractivity contribution in [2.45, 2.75) is 52.7 Å². The summed E-state index contributed by atoms with van der Waals surface area (Å²) in [6, 6.07) is 2.26. The summed E-state index contributed by atoms with van der Waals surface area (Å²) in [5, 5.41) is 9.34. The minimum absolute atomic E-state index is 0.0586. The van der Waals surface area contributed by atoms with Gasteiger partial charge in [0.1, 0.15) is 22.3 Å². The zero-order valence-electron chi connectivity index (χ0n) is 26.3. The molecule has 1 saturated heterocycles. The topological polar surface area (TPSA) is 121 Å². The second-order valence-corrected chi connectivity index (χ2v) is 13.3. The highest BCUT2D eigenvalue weighted by atomic mass is 35.5. The number of pyridine rings is 2. The summed E-state index contributed by atoms with van der Waals surface area (Å²) in [5.41, 5.74) is 4.74. The van der Waals surface area contributed by atoms with Crippen molar-refractivity contribution in [1.82, 2.24) is 14.5 Å². The quantitative estimate of drug-likeness (QED) is 0.130. The number of nitrogens with zero attached hydrogens (tertiary/aromatic N) is 6. The van der Waals surface area contributed by atoms with E-state index in [1.165, 1.54) is 16.7 Å². The summed E-state index contributed by atoms with van der Waals surface area (Å²) in [6.07, 6.45) is 4.75. The zero-order chi connectivity index (χ0) is 34.6. The molecule has 47 heavy (non-hydrogen) atoms. The lowest BCUT2D eigenvalue weighted by Crippen LogP contribution is -2.58. The van der Waals surface area contributed by atoms with Gasteiger partial charge in [-0.3, -0.25) is 19.1 Å². The first-order valence-electron chi connectivity index (χ1n) is 14.9. The van der Waals surface area contributed by atoms with Gasteiger partial charge in [0.2, 0.25) is 5.91 Å². The Labute approximate surface area is 285 Å². The van der Waals surface area contributed by atoms with Crippen molar-refractivity contribution in [1.29, 1.82) is 5.26 Å². The van der Waals surface area contributed by atoms with Crippen LogP contribution in [0.4, 0.5) is 20.2 Å². The van der Waals surface area contributed by atoms with E-state index in [0.717, 1.165) is 0 Å². The fraction of sp³-hybridized carbons (Fsp3) is 0.364. The van der Waals surface area contributed by atoms with Gasteiger partial charge < -0.3 is 15.5 Å². The number of fused-ring (bicyclic) bond motifs is 1. The molecule has 3 aromatic rings. The third kappa shape index (κ3) is 5.56. The van der Waals surface area contributed by atoms with Crippen LogP contribution in [0.3, 0.4) is 0 Å². The lowest BCUT2D eigenvalue weighted by molar-refractivity contribution is -0.130. The summed E-state index contributed by atoms with van der Waals surface area (Å²) in [6.45, 7) is 13.6. The first-order valence-corrected chi connectivity index (χ1v) is 16.0. The first kappa shape index (κ1) is 34.4. The Hall–Kier alpha value is -3.98. The molecule has 0 bridgehead atoms. The average Bonchev–Trinajstić information content (AvgIpc) is 3.02. The largest absolute Gasteiger partial charge is 0.395 e. The summed E-state index contributed by atoms with van der Waals surface area (Å²) in [5.74, 6) is -3.08. The van der Waals surface area contributed by atoms with Crippen molar-refractivity contribution in [3.8, 4) is 17.3 Å². The molecule has 0 radical (unpaired) electrons. The van der Waals surface area contributed by atoms with Gasteiger partial charge in [0.25, 0.3) is 5.56 Å². The summed E-state index contributed by atoms with van der Waals surface area (Å²) >= 11 is 19.1. The Balaban J connectivity index is 1.91. The Morgan fingerprint density at radius 2 is 1.79 bits per heavy atom. The average molecular weight is 703 g/mol. The molecule has 246 valence electrons. The fourth-order valence-electron chi connectivity index (χ4n) is 6.63. The number of aromatic nitrogens is 2. The number of hydrogen-bond donors (Lipinski definition) is 1. The highest BCUT2D eigenvalue weighted by molar-refractivity contribution is 6.39. The van der Waals surface area contributed by atoms with Crippen LogP contribution in [0.5, 0.6) is 0 Å². The summed E-state index contributed by atoms with van der Waals surface area (Å²) < 4.78 is 31.6. The number of nitriles is 1. The van der Waals surface area contributed by atoms with E-state index >= 15 is 4.39 Å². The standard InChI is InChI=1S/C33H32Cl3F2N7O2/c1-7-21(46)44-16(5)12-43(13-17(44)6)31-18-10-20(34)29(22-23(35)27(40)26(38)24(36)25(22)37)42-32(18)45(33(47)19(31)11-39)30-15(4)8-9-41-28(30)14(2)3/h7-10,14-17,30H,1,12-13,40H2,2-6H3/t15-,16-,17+,30?/m1/s1. The molecular formula is C33H32Cl3F2N7O2. The van der Waals surface area contributed by atoms with Crippen LogP contribution in [0.25, 0.3) is 22.3 Å². The molecule has 2 aromatic heterocycles. The van der Waals surface area contributed by atoms with E-state index in [1.807, 2.05) is 45.6 Å². The van der Waals surface area contributed by atoms with E-state index in [0.29, 0.717) is 11.1 Å². The Bertz CT molecular complexity index is 1960. The number of nitrogens with two attached hydrogens (primary N) is 1. The molecule has 0 spiro atoms. The number of rotatable bonds is 5. The SMILES string of the molecule is C=CC(=O)N1[C@H](C)CN(c2c(C#N)c(=O)n(C3C(C(C)C)=NC=C[C@H]3C)c3nc(-c4c(F)c(Cl)c(F)c(N)c4Cl)c(Cl)cc23)C[C@@H]1C. The normalized spacial score (nSPS) is 21.3. The van der Waals surface area contributed by atoms with Gasteiger partial charge in [-0.15, -0.1) is 0 Å². The number of allylic oxidation sites excluding steroid dienone is 1. The van der Waals surface area contributed by atoms with Crippen molar-refractivity contribution in [3.05, 3.63) is 73.6 Å². The van der Waals surface area contributed by atoms with E-state index in [2.05, 4.69) is 17.6 Å². The lowest BCUT2D eigenvalue weighted by Gasteiger charge is -2.45. The number of piperazine rings is 1. The van der Waals surface area contributed by atoms with Crippen molar-refractivity contribution < 1.29 is 13.6 Å². The predicted octanol–water partition coefficient (Wildman–Crippen LogP) is 7.17. The number of carbonyl (C=O) groups is 1. The van der Waals surface area contributed by atoms with Gasteiger partial charge in [0.15, 0.2) is 11.6 Å². The van der Waals surface area contributed by atoms with Crippen LogP contribution in [0.15, 0.2) is 40.8 Å². The number of anilines is 2. The van der Waals surface area contributed by atoms with E-state index in [1.54, 1.807) is 11.1 Å².